The summed E-state index contributed by atoms with van der Waals surface area (Å²) in [6, 6.07) is 1.97. The number of hydrogen-bond donors (Lipinski definition) is 0. The van der Waals surface area contributed by atoms with Gasteiger partial charge in [0.05, 0.1) is 0 Å². The zero-order valence-corrected chi connectivity index (χ0v) is 7.99. The summed E-state index contributed by atoms with van der Waals surface area (Å²) < 4.78 is 0. The van der Waals surface area contributed by atoms with Crippen molar-refractivity contribution in [2.75, 3.05) is 0 Å². The first-order valence-electron chi connectivity index (χ1n) is 4.40. The van der Waals surface area contributed by atoms with E-state index in [2.05, 4.69) is 6.92 Å². The van der Waals surface area contributed by atoms with Gasteiger partial charge in [0.2, 0.25) is 0 Å². The van der Waals surface area contributed by atoms with Crippen LogP contribution in [-0.4, -0.2) is 5.78 Å². The summed E-state index contributed by atoms with van der Waals surface area (Å²) in [6.07, 6.45) is 3.01. The van der Waals surface area contributed by atoms with E-state index in [1.54, 1.807) is 11.3 Å². The molecule has 0 fully saturated rings. The van der Waals surface area contributed by atoms with Gasteiger partial charge in [-0.2, -0.15) is 0 Å². The predicted octanol–water partition coefficient (Wildman–Crippen LogP) is 2.90. The lowest BCUT2D eigenvalue weighted by molar-refractivity contribution is 0.0949. The van der Waals surface area contributed by atoms with Crippen LogP contribution in [0.4, 0.5) is 0 Å². The summed E-state index contributed by atoms with van der Waals surface area (Å²) in [5, 5.41) is 2.03. The molecule has 0 amide bonds. The van der Waals surface area contributed by atoms with Gasteiger partial charge in [-0.3, -0.25) is 4.79 Å². The van der Waals surface area contributed by atoms with Crippen LogP contribution in [-0.2, 0) is 6.42 Å². The van der Waals surface area contributed by atoms with E-state index in [1.165, 1.54) is 4.88 Å². The Morgan fingerprint density at radius 2 is 2.42 bits per heavy atom. The van der Waals surface area contributed by atoms with Gasteiger partial charge in [0, 0.05) is 16.9 Å². The van der Waals surface area contributed by atoms with Crippen LogP contribution in [0.25, 0.3) is 0 Å². The number of hydrogen-bond acceptors (Lipinski definition) is 2. The highest BCUT2D eigenvalue weighted by Gasteiger charge is 2.24. The van der Waals surface area contributed by atoms with Crippen molar-refractivity contribution in [1.29, 1.82) is 0 Å². The number of thiophene rings is 1. The van der Waals surface area contributed by atoms with Crippen LogP contribution in [0.1, 0.15) is 35.0 Å². The van der Waals surface area contributed by atoms with Crippen LogP contribution in [0.3, 0.4) is 0 Å². The summed E-state index contributed by atoms with van der Waals surface area (Å²) in [5.74, 6) is 0.952. The van der Waals surface area contributed by atoms with Crippen molar-refractivity contribution in [1.82, 2.24) is 0 Å². The van der Waals surface area contributed by atoms with Crippen LogP contribution in [0.2, 0.25) is 0 Å². The Morgan fingerprint density at radius 1 is 1.58 bits per heavy atom. The molecule has 1 unspecified atom stereocenters. The molecule has 1 aromatic heterocycles. The van der Waals surface area contributed by atoms with Gasteiger partial charge in [-0.1, -0.05) is 13.3 Å². The molecule has 0 saturated carbocycles. The van der Waals surface area contributed by atoms with Gasteiger partial charge in [0.15, 0.2) is 5.78 Å². The first-order valence-corrected chi connectivity index (χ1v) is 5.28. The smallest absolute Gasteiger partial charge is 0.164 e. The summed E-state index contributed by atoms with van der Waals surface area (Å²) in [5.41, 5.74) is 0.990. The maximum Gasteiger partial charge on any atom is 0.164 e. The summed E-state index contributed by atoms with van der Waals surface area (Å²) in [6.45, 7) is 2.16. The molecule has 12 heavy (non-hydrogen) atoms. The van der Waals surface area contributed by atoms with Crippen LogP contribution >= 0.6 is 11.3 Å². The Balaban J connectivity index is 2.32. The minimum absolute atomic E-state index is 0.351. The lowest BCUT2D eigenvalue weighted by Gasteiger charge is -2.18. The molecule has 1 heterocycles. The first kappa shape index (κ1) is 7.99. The standard InChI is InChI=1S/C10H12OS/c1-2-7-5-9(11)8-3-4-12-10(8)6-7/h3-4,7H,2,5-6H2,1H3. The van der Waals surface area contributed by atoms with E-state index in [1.807, 2.05) is 11.4 Å². The van der Waals surface area contributed by atoms with Crippen molar-refractivity contribution in [2.24, 2.45) is 5.92 Å². The minimum Gasteiger partial charge on any atom is -0.294 e. The van der Waals surface area contributed by atoms with Crippen molar-refractivity contribution in [3.63, 3.8) is 0 Å². The van der Waals surface area contributed by atoms with E-state index >= 15 is 0 Å². The highest BCUT2D eigenvalue weighted by Crippen LogP contribution is 2.30. The van der Waals surface area contributed by atoms with Crippen molar-refractivity contribution >= 4 is 17.1 Å². The number of ketones is 1. The second-order valence-corrected chi connectivity index (χ2v) is 4.36. The van der Waals surface area contributed by atoms with Gasteiger partial charge in [0.25, 0.3) is 0 Å². The number of fused-ring (bicyclic) bond motifs is 1. The van der Waals surface area contributed by atoms with Crippen molar-refractivity contribution < 1.29 is 4.79 Å². The molecule has 0 bridgehead atoms. The Bertz CT molecular complexity index is 301. The number of carbonyl (C=O) groups is 1. The molecule has 1 aliphatic rings. The van der Waals surface area contributed by atoms with Crippen LogP contribution in [0.5, 0.6) is 0 Å². The highest BCUT2D eigenvalue weighted by molar-refractivity contribution is 7.10. The van der Waals surface area contributed by atoms with E-state index in [0.29, 0.717) is 11.7 Å². The summed E-state index contributed by atoms with van der Waals surface area (Å²) in [4.78, 5) is 12.8. The van der Waals surface area contributed by atoms with Crippen LogP contribution in [0, 0.1) is 5.92 Å². The molecule has 1 atom stereocenters. The fourth-order valence-corrected chi connectivity index (χ4v) is 2.75. The zero-order chi connectivity index (χ0) is 8.55. The van der Waals surface area contributed by atoms with Crippen LogP contribution < -0.4 is 0 Å². The SMILES string of the molecule is CCC1CC(=O)c2ccsc2C1. The predicted molar refractivity (Wildman–Crippen MR) is 50.8 cm³/mol. The molecule has 64 valence electrons. The van der Waals surface area contributed by atoms with E-state index in [9.17, 15) is 4.79 Å². The zero-order valence-electron chi connectivity index (χ0n) is 7.17. The average Bonchev–Trinajstić information content (AvgIpc) is 2.52. The maximum atomic E-state index is 11.5. The molecule has 2 rings (SSSR count). The van der Waals surface area contributed by atoms with E-state index < -0.39 is 0 Å². The fourth-order valence-electron chi connectivity index (χ4n) is 1.74. The molecule has 1 aromatic rings. The Labute approximate surface area is 76.4 Å². The lowest BCUT2D eigenvalue weighted by Crippen LogP contribution is -2.17. The fraction of sp³-hybridized carbons (Fsp3) is 0.500. The van der Waals surface area contributed by atoms with Crippen LogP contribution in [0.15, 0.2) is 11.4 Å². The molecular weight excluding hydrogens is 168 g/mol. The van der Waals surface area contributed by atoms with Crippen molar-refractivity contribution in [3.8, 4) is 0 Å². The van der Waals surface area contributed by atoms with Gasteiger partial charge >= 0.3 is 0 Å². The van der Waals surface area contributed by atoms with Gasteiger partial charge in [-0.25, -0.2) is 0 Å². The average molecular weight is 180 g/mol. The topological polar surface area (TPSA) is 17.1 Å². The largest absolute Gasteiger partial charge is 0.294 e. The van der Waals surface area contributed by atoms with E-state index in [-0.39, 0.29) is 0 Å². The van der Waals surface area contributed by atoms with Crippen molar-refractivity contribution in [3.05, 3.63) is 21.9 Å². The first-order chi connectivity index (χ1) is 5.81. The van der Waals surface area contributed by atoms with Gasteiger partial charge < -0.3 is 0 Å². The quantitative estimate of drug-likeness (QED) is 0.649. The second kappa shape index (κ2) is 3.02. The van der Waals surface area contributed by atoms with Gasteiger partial charge in [-0.15, -0.1) is 11.3 Å². The molecule has 0 spiro atoms. The lowest BCUT2D eigenvalue weighted by atomic mass is 9.86. The molecule has 0 saturated heterocycles. The molecule has 0 radical (unpaired) electrons. The maximum absolute atomic E-state index is 11.5. The third-order valence-electron chi connectivity index (χ3n) is 2.57. The summed E-state index contributed by atoms with van der Waals surface area (Å²) in [7, 11) is 0. The minimum atomic E-state index is 0.351. The second-order valence-electron chi connectivity index (χ2n) is 3.36. The third-order valence-corrected chi connectivity index (χ3v) is 3.51. The molecule has 2 heteroatoms. The molecule has 0 N–H and O–H groups in total. The number of rotatable bonds is 1. The highest BCUT2D eigenvalue weighted by atomic mass is 32.1. The third kappa shape index (κ3) is 1.20. The Kier molecular flexibility index (Phi) is 2.01. The van der Waals surface area contributed by atoms with Gasteiger partial charge in [-0.05, 0) is 23.8 Å². The molecule has 1 nitrogen and oxygen atoms in total. The monoisotopic (exact) mass is 180 g/mol. The van der Waals surface area contributed by atoms with E-state index in [4.69, 9.17) is 0 Å². The normalized spacial score (nSPS) is 22.4. The summed E-state index contributed by atoms with van der Waals surface area (Å²) >= 11 is 1.73. The molecule has 0 aliphatic heterocycles. The Morgan fingerprint density at radius 3 is 3.17 bits per heavy atom. The Hall–Kier alpha value is -0.630. The molecule has 1 aliphatic carbocycles. The molecule has 0 aromatic carbocycles. The number of Topliss-reactive ketones (excluding diaryl/α,β-unsaturated/α-hetero) is 1. The number of carbonyl (C=O) groups excluding carboxylic acids is 1. The molecular formula is C10H12OS. The van der Waals surface area contributed by atoms with Gasteiger partial charge in [0.1, 0.15) is 0 Å². The van der Waals surface area contributed by atoms with Crippen molar-refractivity contribution in [2.45, 2.75) is 26.2 Å². The van der Waals surface area contributed by atoms with E-state index in [0.717, 1.165) is 24.8 Å².